The number of benzene rings is 1. The summed E-state index contributed by atoms with van der Waals surface area (Å²) in [6.07, 6.45) is 2.85. The summed E-state index contributed by atoms with van der Waals surface area (Å²) in [4.78, 5) is 15.4. The van der Waals surface area contributed by atoms with Gasteiger partial charge in [-0.2, -0.15) is 0 Å². The Bertz CT molecular complexity index is 813. The fraction of sp³-hybridized carbons (Fsp3) is 0.526. The second-order valence-corrected chi connectivity index (χ2v) is 7.75. The minimum Gasteiger partial charge on any atom is -0.377 e. The van der Waals surface area contributed by atoms with Gasteiger partial charge in [0, 0.05) is 18.7 Å². The fourth-order valence-electron chi connectivity index (χ4n) is 4.22. The summed E-state index contributed by atoms with van der Waals surface area (Å²) in [6, 6.07) is 7.86. The van der Waals surface area contributed by atoms with Gasteiger partial charge in [0.05, 0.1) is 18.0 Å². The van der Waals surface area contributed by atoms with Crippen molar-refractivity contribution in [1.29, 1.82) is 0 Å². The zero-order valence-electron chi connectivity index (χ0n) is 15.1. The number of aromatic nitrogens is 3. The first kappa shape index (κ1) is 17.5. The van der Waals surface area contributed by atoms with Crippen LogP contribution in [0.5, 0.6) is 0 Å². The third-order valence-electron chi connectivity index (χ3n) is 5.67. The molecule has 2 aromatic rings. The average Bonchev–Trinajstić information content (AvgIpc) is 2.99. The molecule has 1 aromatic heterocycles. The summed E-state index contributed by atoms with van der Waals surface area (Å²) in [5.74, 6) is 1.84. The molecule has 2 heterocycles. The number of hydrogen-bond donors (Lipinski definition) is 0. The molecule has 0 spiro atoms. The largest absolute Gasteiger partial charge is 0.377 e. The molecule has 4 rings (SSSR count). The van der Waals surface area contributed by atoms with Crippen molar-refractivity contribution in [1.82, 2.24) is 19.7 Å². The van der Waals surface area contributed by atoms with Crippen LogP contribution in [0.25, 0.3) is 0 Å². The molecule has 2 aliphatic rings. The van der Waals surface area contributed by atoms with Crippen molar-refractivity contribution in [2.45, 2.75) is 50.8 Å². The average molecular weight is 375 g/mol. The lowest BCUT2D eigenvalue weighted by Gasteiger charge is -2.45. The van der Waals surface area contributed by atoms with E-state index in [0.717, 1.165) is 36.5 Å². The smallest absolute Gasteiger partial charge is 0.233 e. The molecule has 26 heavy (non-hydrogen) atoms. The molecule has 1 atom stereocenters. The molecule has 0 bridgehead atoms. The molecule has 1 fully saturated rings. The van der Waals surface area contributed by atoms with E-state index in [9.17, 15) is 4.79 Å². The van der Waals surface area contributed by atoms with E-state index < -0.39 is 5.41 Å². The predicted molar refractivity (Wildman–Crippen MR) is 97.8 cm³/mol. The normalized spacial score (nSPS) is 21.2. The van der Waals surface area contributed by atoms with Gasteiger partial charge in [-0.05, 0) is 37.5 Å². The molecule has 1 amide bonds. The van der Waals surface area contributed by atoms with Crippen LogP contribution in [-0.2, 0) is 28.1 Å². The van der Waals surface area contributed by atoms with Crippen LogP contribution in [0.1, 0.15) is 49.4 Å². The molecule has 1 aliphatic carbocycles. The lowest BCUT2D eigenvalue weighted by molar-refractivity contribution is -0.143. The van der Waals surface area contributed by atoms with Crippen molar-refractivity contribution in [3.05, 3.63) is 46.5 Å². The Labute approximate surface area is 158 Å². The molecule has 6 nitrogen and oxygen atoms in total. The SMILES string of the molecule is COCc1nnc2n1[C@@H](C)CN(C(=O)C1(c3ccc(Cl)cc3)CCC1)C2. The summed E-state index contributed by atoms with van der Waals surface area (Å²) < 4.78 is 7.31. The predicted octanol–water partition coefficient (Wildman–Crippen LogP) is 3.10. The van der Waals surface area contributed by atoms with Crippen molar-refractivity contribution >= 4 is 17.5 Å². The van der Waals surface area contributed by atoms with Crippen molar-refractivity contribution in [2.75, 3.05) is 13.7 Å². The van der Waals surface area contributed by atoms with Crippen LogP contribution >= 0.6 is 11.6 Å². The molecule has 1 saturated carbocycles. The Hall–Kier alpha value is -1.92. The number of amides is 1. The zero-order chi connectivity index (χ0) is 18.3. The Balaban J connectivity index is 1.61. The molecule has 0 unspecified atom stereocenters. The third-order valence-corrected chi connectivity index (χ3v) is 5.92. The zero-order valence-corrected chi connectivity index (χ0v) is 15.9. The Morgan fingerprint density at radius 2 is 2.04 bits per heavy atom. The third kappa shape index (κ3) is 2.72. The summed E-state index contributed by atoms with van der Waals surface area (Å²) >= 11 is 6.03. The molecule has 0 saturated heterocycles. The summed E-state index contributed by atoms with van der Waals surface area (Å²) in [5, 5.41) is 9.22. The van der Waals surface area contributed by atoms with Gasteiger partial charge in [-0.25, -0.2) is 0 Å². The summed E-state index contributed by atoms with van der Waals surface area (Å²) in [7, 11) is 1.65. The molecule has 1 aromatic carbocycles. The van der Waals surface area contributed by atoms with Crippen LogP contribution in [0.3, 0.4) is 0 Å². The molecule has 7 heteroatoms. The maximum Gasteiger partial charge on any atom is 0.233 e. The Morgan fingerprint density at radius 3 is 2.65 bits per heavy atom. The monoisotopic (exact) mass is 374 g/mol. The van der Waals surface area contributed by atoms with E-state index in [0.29, 0.717) is 24.7 Å². The second kappa shape index (κ2) is 6.67. The highest BCUT2D eigenvalue weighted by molar-refractivity contribution is 6.30. The highest BCUT2D eigenvalue weighted by Gasteiger charge is 2.48. The highest BCUT2D eigenvalue weighted by Crippen LogP contribution is 2.46. The summed E-state index contributed by atoms with van der Waals surface area (Å²) in [5.41, 5.74) is 0.653. The van der Waals surface area contributed by atoms with E-state index in [-0.39, 0.29) is 11.9 Å². The number of rotatable bonds is 4. The van der Waals surface area contributed by atoms with E-state index in [2.05, 4.69) is 21.7 Å². The lowest BCUT2D eigenvalue weighted by Crippen LogP contribution is -2.53. The second-order valence-electron chi connectivity index (χ2n) is 7.31. The standard InChI is InChI=1S/C19H23ClN4O2/c1-13-10-23(11-16-21-22-17(12-26-2)24(13)16)18(25)19(8-3-9-19)14-4-6-15(20)7-5-14/h4-7,13H,3,8-12H2,1-2H3/t13-/m0/s1. The van der Waals surface area contributed by atoms with E-state index in [1.807, 2.05) is 29.2 Å². The van der Waals surface area contributed by atoms with E-state index in [4.69, 9.17) is 16.3 Å². The van der Waals surface area contributed by atoms with E-state index in [1.54, 1.807) is 7.11 Å². The van der Waals surface area contributed by atoms with E-state index >= 15 is 0 Å². The maximum absolute atomic E-state index is 13.5. The first-order valence-corrected chi connectivity index (χ1v) is 9.40. The van der Waals surface area contributed by atoms with Crippen LogP contribution in [0.2, 0.25) is 5.02 Å². The van der Waals surface area contributed by atoms with Gasteiger partial charge in [-0.1, -0.05) is 30.2 Å². The van der Waals surface area contributed by atoms with Crippen molar-refractivity contribution in [2.24, 2.45) is 0 Å². The number of ether oxygens (including phenoxy) is 1. The molecular weight excluding hydrogens is 352 g/mol. The first-order chi connectivity index (χ1) is 12.5. The number of halogens is 1. The number of methoxy groups -OCH3 is 1. The van der Waals surface area contributed by atoms with Crippen molar-refractivity contribution in [3.63, 3.8) is 0 Å². The topological polar surface area (TPSA) is 60.3 Å². The Kier molecular flexibility index (Phi) is 4.49. The van der Waals surface area contributed by atoms with Gasteiger partial charge in [-0.3, -0.25) is 4.79 Å². The number of fused-ring (bicyclic) bond motifs is 1. The van der Waals surface area contributed by atoms with Crippen LogP contribution < -0.4 is 0 Å². The summed E-state index contributed by atoms with van der Waals surface area (Å²) in [6.45, 7) is 3.69. The molecular formula is C19H23ClN4O2. The molecule has 138 valence electrons. The number of carbonyl (C=O) groups is 1. The van der Waals surface area contributed by atoms with Crippen LogP contribution in [0.4, 0.5) is 0 Å². The van der Waals surface area contributed by atoms with Gasteiger partial charge < -0.3 is 14.2 Å². The van der Waals surface area contributed by atoms with Crippen LogP contribution in [-0.4, -0.2) is 39.2 Å². The number of hydrogen-bond acceptors (Lipinski definition) is 4. The Morgan fingerprint density at radius 1 is 1.31 bits per heavy atom. The van der Waals surface area contributed by atoms with Gasteiger partial charge in [0.15, 0.2) is 11.6 Å². The number of carbonyl (C=O) groups excluding carboxylic acids is 1. The van der Waals surface area contributed by atoms with Crippen molar-refractivity contribution in [3.8, 4) is 0 Å². The minimum absolute atomic E-state index is 0.130. The van der Waals surface area contributed by atoms with Crippen molar-refractivity contribution < 1.29 is 9.53 Å². The number of nitrogens with zero attached hydrogens (tertiary/aromatic N) is 4. The highest BCUT2D eigenvalue weighted by atomic mass is 35.5. The quantitative estimate of drug-likeness (QED) is 0.825. The lowest BCUT2D eigenvalue weighted by atomic mass is 9.63. The van der Waals surface area contributed by atoms with Crippen LogP contribution in [0.15, 0.2) is 24.3 Å². The first-order valence-electron chi connectivity index (χ1n) is 9.02. The molecule has 0 N–H and O–H groups in total. The molecule has 0 radical (unpaired) electrons. The van der Waals surface area contributed by atoms with Gasteiger partial charge in [0.2, 0.25) is 5.91 Å². The maximum atomic E-state index is 13.5. The van der Waals surface area contributed by atoms with E-state index in [1.165, 1.54) is 0 Å². The van der Waals surface area contributed by atoms with Gasteiger partial charge >= 0.3 is 0 Å². The van der Waals surface area contributed by atoms with Gasteiger partial charge in [0.25, 0.3) is 0 Å². The fourth-order valence-corrected chi connectivity index (χ4v) is 4.35. The van der Waals surface area contributed by atoms with Gasteiger partial charge in [0.1, 0.15) is 6.61 Å². The van der Waals surface area contributed by atoms with Gasteiger partial charge in [-0.15, -0.1) is 10.2 Å². The minimum atomic E-state index is -0.415. The molecule has 1 aliphatic heterocycles. The van der Waals surface area contributed by atoms with Crippen LogP contribution in [0, 0.1) is 0 Å².